The molecule has 0 heterocycles. The predicted molar refractivity (Wildman–Crippen MR) is 62.1 cm³/mol. The van der Waals surface area contributed by atoms with Crippen LogP contribution in [0.2, 0.25) is 0 Å². The van der Waals surface area contributed by atoms with Gasteiger partial charge >= 0.3 is 0 Å². The van der Waals surface area contributed by atoms with E-state index in [0.717, 1.165) is 5.56 Å². The van der Waals surface area contributed by atoms with Gasteiger partial charge in [-0.15, -0.1) is 18.2 Å². The van der Waals surface area contributed by atoms with Crippen LogP contribution in [0.5, 0.6) is 0 Å². The van der Waals surface area contributed by atoms with Crippen molar-refractivity contribution in [1.29, 1.82) is 0 Å². The lowest BCUT2D eigenvalue weighted by molar-refractivity contribution is 0.0183. The minimum atomic E-state index is -0.627. The molecule has 0 saturated heterocycles. The lowest BCUT2D eigenvalue weighted by atomic mass is 10.1. The van der Waals surface area contributed by atoms with Gasteiger partial charge in [0.05, 0.1) is 18.6 Å². The van der Waals surface area contributed by atoms with E-state index >= 15 is 0 Å². The number of alkyl halides is 1. The second kappa shape index (κ2) is 6.62. The van der Waals surface area contributed by atoms with Crippen molar-refractivity contribution >= 4 is 11.6 Å². The minimum Gasteiger partial charge on any atom is -0.389 e. The molecule has 0 bridgehead atoms. The molecule has 2 nitrogen and oxygen atoms in total. The smallest absolute Gasteiger partial charge is 0.100 e. The van der Waals surface area contributed by atoms with Crippen molar-refractivity contribution in [2.24, 2.45) is 0 Å². The number of hydrogen-bond acceptors (Lipinski definition) is 2. The van der Waals surface area contributed by atoms with Crippen molar-refractivity contribution in [3.8, 4) is 0 Å². The summed E-state index contributed by atoms with van der Waals surface area (Å²) in [5, 5.41) is 9.26. The molecule has 0 amide bonds. The Balaban J connectivity index is 2.53. The monoisotopic (exact) mass is 226 g/mol. The Hall–Kier alpha value is -0.830. The molecule has 0 aliphatic carbocycles. The van der Waals surface area contributed by atoms with E-state index in [0.29, 0.717) is 0 Å². The number of rotatable bonds is 6. The molecular weight excluding hydrogens is 212 g/mol. The Morgan fingerprint density at radius 2 is 2.07 bits per heavy atom. The Bertz CT molecular complexity index is 287. The van der Waals surface area contributed by atoms with Gasteiger partial charge in [-0.2, -0.15) is 0 Å². The maximum atomic E-state index is 9.26. The quantitative estimate of drug-likeness (QED) is 0.597. The van der Waals surface area contributed by atoms with Gasteiger partial charge < -0.3 is 9.84 Å². The lowest BCUT2D eigenvalue weighted by Gasteiger charge is -2.16. The fraction of sp³-hybridized carbons (Fsp3) is 0.333. The van der Waals surface area contributed by atoms with Gasteiger partial charge in [0, 0.05) is 0 Å². The first-order valence-corrected chi connectivity index (χ1v) is 5.34. The van der Waals surface area contributed by atoms with Crippen LogP contribution in [-0.2, 0) is 4.74 Å². The van der Waals surface area contributed by atoms with Gasteiger partial charge in [-0.3, -0.25) is 0 Å². The number of hydrogen-bond donors (Lipinski definition) is 1. The molecule has 0 aromatic heterocycles. The molecule has 0 spiro atoms. The summed E-state index contributed by atoms with van der Waals surface area (Å²) in [7, 11) is 0. The van der Waals surface area contributed by atoms with E-state index in [1.54, 1.807) is 6.08 Å². The molecule has 2 unspecified atom stereocenters. The highest BCUT2D eigenvalue weighted by atomic mass is 35.5. The highest BCUT2D eigenvalue weighted by Gasteiger charge is 2.09. The standard InChI is InChI=1S/C12H15ClO2/c1-2-12(15-9-11(14)8-13)10-6-4-3-5-7-10/h2-7,11-12,14H,1,8-9H2. The molecular formula is C12H15ClO2. The first kappa shape index (κ1) is 12.2. The van der Waals surface area contributed by atoms with Gasteiger partial charge in [0.1, 0.15) is 6.10 Å². The Morgan fingerprint density at radius 3 is 2.60 bits per heavy atom. The molecule has 3 heteroatoms. The van der Waals surface area contributed by atoms with E-state index in [2.05, 4.69) is 6.58 Å². The molecule has 1 aromatic carbocycles. The average Bonchev–Trinajstić information content (AvgIpc) is 2.31. The van der Waals surface area contributed by atoms with Gasteiger partial charge in [-0.1, -0.05) is 36.4 Å². The molecule has 0 fully saturated rings. The van der Waals surface area contributed by atoms with E-state index in [4.69, 9.17) is 16.3 Å². The second-order valence-electron chi connectivity index (χ2n) is 3.21. The maximum absolute atomic E-state index is 9.26. The summed E-state index contributed by atoms with van der Waals surface area (Å²) in [6.07, 6.45) is 0.887. The van der Waals surface area contributed by atoms with Crippen molar-refractivity contribution in [3.63, 3.8) is 0 Å². The van der Waals surface area contributed by atoms with Crippen LogP contribution in [0, 0.1) is 0 Å². The Kier molecular flexibility index (Phi) is 5.40. The highest BCUT2D eigenvalue weighted by Crippen LogP contribution is 2.18. The highest BCUT2D eigenvalue weighted by molar-refractivity contribution is 6.18. The van der Waals surface area contributed by atoms with E-state index in [1.807, 2.05) is 30.3 Å². The topological polar surface area (TPSA) is 29.5 Å². The van der Waals surface area contributed by atoms with E-state index in [1.165, 1.54) is 0 Å². The van der Waals surface area contributed by atoms with Crippen LogP contribution in [0.1, 0.15) is 11.7 Å². The third-order valence-electron chi connectivity index (χ3n) is 1.99. The van der Waals surface area contributed by atoms with Crippen LogP contribution in [0.3, 0.4) is 0 Å². The Labute approximate surface area is 95.1 Å². The molecule has 1 aromatic rings. The van der Waals surface area contributed by atoms with Gasteiger partial charge in [-0.05, 0) is 5.56 Å². The molecule has 15 heavy (non-hydrogen) atoms. The summed E-state index contributed by atoms with van der Waals surface area (Å²) in [6.45, 7) is 3.92. The third-order valence-corrected chi connectivity index (χ3v) is 2.34. The van der Waals surface area contributed by atoms with E-state index in [9.17, 15) is 5.11 Å². The summed E-state index contributed by atoms with van der Waals surface area (Å²) < 4.78 is 5.48. The van der Waals surface area contributed by atoms with Gasteiger partial charge in [0.15, 0.2) is 0 Å². The molecule has 0 radical (unpaired) electrons. The SMILES string of the molecule is C=CC(OCC(O)CCl)c1ccccc1. The van der Waals surface area contributed by atoms with E-state index < -0.39 is 6.10 Å². The summed E-state index contributed by atoms with van der Waals surface area (Å²) >= 11 is 5.47. The fourth-order valence-corrected chi connectivity index (χ4v) is 1.29. The number of benzene rings is 1. The zero-order valence-corrected chi connectivity index (χ0v) is 9.23. The normalized spacial score (nSPS) is 14.5. The molecule has 0 aliphatic heterocycles. The van der Waals surface area contributed by atoms with Gasteiger partial charge in [-0.25, -0.2) is 0 Å². The molecule has 0 aliphatic rings. The first-order chi connectivity index (χ1) is 7.27. The van der Waals surface area contributed by atoms with Crippen LogP contribution in [-0.4, -0.2) is 23.7 Å². The van der Waals surface area contributed by atoms with Crippen molar-refractivity contribution in [1.82, 2.24) is 0 Å². The summed E-state index contributed by atoms with van der Waals surface area (Å²) in [5.74, 6) is 0.179. The largest absolute Gasteiger partial charge is 0.389 e. The lowest BCUT2D eigenvalue weighted by Crippen LogP contribution is -2.18. The van der Waals surface area contributed by atoms with Crippen LogP contribution in [0.4, 0.5) is 0 Å². The fourth-order valence-electron chi connectivity index (χ4n) is 1.20. The van der Waals surface area contributed by atoms with Gasteiger partial charge in [0.2, 0.25) is 0 Å². The molecule has 0 saturated carbocycles. The van der Waals surface area contributed by atoms with Crippen LogP contribution in [0.25, 0.3) is 0 Å². The van der Waals surface area contributed by atoms with Crippen molar-refractivity contribution in [3.05, 3.63) is 48.6 Å². The van der Waals surface area contributed by atoms with Crippen molar-refractivity contribution in [2.45, 2.75) is 12.2 Å². The van der Waals surface area contributed by atoms with Gasteiger partial charge in [0.25, 0.3) is 0 Å². The number of aliphatic hydroxyl groups is 1. The number of halogens is 1. The zero-order chi connectivity index (χ0) is 11.1. The zero-order valence-electron chi connectivity index (χ0n) is 8.47. The number of ether oxygens (including phenoxy) is 1. The Morgan fingerprint density at radius 1 is 1.40 bits per heavy atom. The molecule has 1 N–H and O–H groups in total. The first-order valence-electron chi connectivity index (χ1n) is 4.81. The predicted octanol–water partition coefficient (Wildman–Crippen LogP) is 2.53. The summed E-state index contributed by atoms with van der Waals surface area (Å²) in [6, 6.07) is 9.73. The molecule has 1 rings (SSSR count). The minimum absolute atomic E-state index is 0.179. The molecule has 2 atom stereocenters. The van der Waals surface area contributed by atoms with Crippen LogP contribution >= 0.6 is 11.6 Å². The van der Waals surface area contributed by atoms with Crippen molar-refractivity contribution in [2.75, 3.05) is 12.5 Å². The van der Waals surface area contributed by atoms with Crippen LogP contribution < -0.4 is 0 Å². The second-order valence-corrected chi connectivity index (χ2v) is 3.52. The van der Waals surface area contributed by atoms with Crippen molar-refractivity contribution < 1.29 is 9.84 Å². The molecule has 82 valence electrons. The summed E-state index contributed by atoms with van der Waals surface area (Å²) in [4.78, 5) is 0. The number of aliphatic hydroxyl groups excluding tert-OH is 1. The van der Waals surface area contributed by atoms with Crippen LogP contribution in [0.15, 0.2) is 43.0 Å². The third kappa shape index (κ3) is 4.04. The summed E-state index contributed by atoms with van der Waals surface area (Å²) in [5.41, 5.74) is 1.02. The average molecular weight is 227 g/mol. The maximum Gasteiger partial charge on any atom is 0.100 e. The van der Waals surface area contributed by atoms with E-state index in [-0.39, 0.29) is 18.6 Å².